The van der Waals surface area contributed by atoms with Gasteiger partial charge in [0.25, 0.3) is 0 Å². The number of rotatable bonds is 3. The van der Waals surface area contributed by atoms with E-state index in [1.807, 2.05) is 6.07 Å². The molecule has 5 heteroatoms. The van der Waals surface area contributed by atoms with Crippen molar-refractivity contribution >= 4 is 41.7 Å². The molecule has 1 aliphatic rings. The number of hydrogen-bond donors (Lipinski definition) is 1. The van der Waals surface area contributed by atoms with Crippen molar-refractivity contribution in [2.45, 2.75) is 44.3 Å². The molecule has 3 nitrogen and oxygen atoms in total. The highest BCUT2D eigenvalue weighted by molar-refractivity contribution is 7.82. The van der Waals surface area contributed by atoms with Gasteiger partial charge < -0.3 is 0 Å². The highest BCUT2D eigenvalue weighted by atomic mass is 35.5. The Labute approximate surface area is 129 Å². The molecule has 20 heavy (non-hydrogen) atoms. The standard InChI is InChI=1S/C15H18ClNO2S/c1-4-15(2,3)10-6-5-9(7-11(10)16)17-13(18)8-12(20)14(17)19/h5-7,12,20H,4,8H2,1-3H3. The third-order valence-electron chi connectivity index (χ3n) is 3.95. The van der Waals surface area contributed by atoms with Gasteiger partial charge in [0.05, 0.1) is 10.9 Å². The highest BCUT2D eigenvalue weighted by Gasteiger charge is 2.37. The molecule has 1 unspecified atom stereocenters. The van der Waals surface area contributed by atoms with Crippen LogP contribution in [-0.2, 0) is 15.0 Å². The van der Waals surface area contributed by atoms with Gasteiger partial charge in [0.1, 0.15) is 0 Å². The normalized spacial score (nSPS) is 19.9. The van der Waals surface area contributed by atoms with Crippen molar-refractivity contribution in [3.63, 3.8) is 0 Å². The van der Waals surface area contributed by atoms with E-state index in [2.05, 4.69) is 33.4 Å². The van der Waals surface area contributed by atoms with Gasteiger partial charge in [0, 0.05) is 11.4 Å². The minimum atomic E-state index is -0.548. The van der Waals surface area contributed by atoms with Gasteiger partial charge in [-0.2, -0.15) is 12.6 Å². The van der Waals surface area contributed by atoms with E-state index in [0.717, 1.165) is 12.0 Å². The maximum Gasteiger partial charge on any atom is 0.247 e. The number of hydrogen-bond acceptors (Lipinski definition) is 3. The summed E-state index contributed by atoms with van der Waals surface area (Å²) in [6.45, 7) is 6.33. The van der Waals surface area contributed by atoms with Crippen LogP contribution in [0.5, 0.6) is 0 Å². The Morgan fingerprint density at radius 1 is 1.40 bits per heavy atom. The molecule has 0 saturated carbocycles. The second-order valence-corrected chi connectivity index (χ2v) is 6.72. The van der Waals surface area contributed by atoms with Crippen molar-refractivity contribution in [2.24, 2.45) is 0 Å². The summed E-state index contributed by atoms with van der Waals surface area (Å²) >= 11 is 10.5. The van der Waals surface area contributed by atoms with E-state index in [0.29, 0.717) is 10.7 Å². The topological polar surface area (TPSA) is 37.4 Å². The van der Waals surface area contributed by atoms with E-state index in [9.17, 15) is 9.59 Å². The second-order valence-electron chi connectivity index (χ2n) is 5.69. The Bertz CT molecular complexity index is 571. The molecule has 1 heterocycles. The molecule has 0 radical (unpaired) electrons. The molecule has 1 aliphatic heterocycles. The summed E-state index contributed by atoms with van der Waals surface area (Å²) < 4.78 is 0. The fourth-order valence-electron chi connectivity index (χ4n) is 2.27. The fraction of sp³-hybridized carbons (Fsp3) is 0.467. The van der Waals surface area contributed by atoms with Crippen LogP contribution in [0.3, 0.4) is 0 Å². The highest BCUT2D eigenvalue weighted by Crippen LogP contribution is 2.36. The summed E-state index contributed by atoms with van der Waals surface area (Å²) in [7, 11) is 0. The van der Waals surface area contributed by atoms with E-state index < -0.39 is 5.25 Å². The van der Waals surface area contributed by atoms with Gasteiger partial charge in [-0.3, -0.25) is 9.59 Å². The number of thiol groups is 1. The molecule has 1 saturated heterocycles. The molecular weight excluding hydrogens is 294 g/mol. The van der Waals surface area contributed by atoms with Crippen molar-refractivity contribution in [2.75, 3.05) is 4.90 Å². The van der Waals surface area contributed by atoms with Crippen LogP contribution in [0.25, 0.3) is 0 Å². The number of carbonyl (C=O) groups excluding carboxylic acids is 2. The van der Waals surface area contributed by atoms with Gasteiger partial charge in [0.2, 0.25) is 11.8 Å². The zero-order valence-corrected chi connectivity index (χ0v) is 13.5. The summed E-state index contributed by atoms with van der Waals surface area (Å²) in [6.07, 6.45) is 1.09. The van der Waals surface area contributed by atoms with Crippen LogP contribution >= 0.6 is 24.2 Å². The molecule has 0 aromatic heterocycles. The minimum Gasteiger partial charge on any atom is -0.274 e. The first-order chi connectivity index (χ1) is 9.27. The fourth-order valence-corrected chi connectivity index (χ4v) is 2.97. The molecule has 1 aromatic carbocycles. The minimum absolute atomic E-state index is 0.0410. The lowest BCUT2D eigenvalue weighted by Crippen LogP contribution is -2.30. The number of anilines is 1. The van der Waals surface area contributed by atoms with E-state index in [4.69, 9.17) is 11.6 Å². The maximum atomic E-state index is 12.0. The first-order valence-corrected chi connectivity index (χ1v) is 7.52. The average molecular weight is 312 g/mol. The first-order valence-electron chi connectivity index (χ1n) is 6.63. The molecule has 0 N–H and O–H groups in total. The van der Waals surface area contributed by atoms with Crippen LogP contribution in [-0.4, -0.2) is 17.1 Å². The molecule has 0 aliphatic carbocycles. The number of nitrogens with zero attached hydrogens (tertiary/aromatic N) is 1. The average Bonchev–Trinajstić information content (AvgIpc) is 2.63. The Balaban J connectivity index is 2.40. The lowest BCUT2D eigenvalue weighted by molar-refractivity contribution is -0.121. The van der Waals surface area contributed by atoms with E-state index in [1.165, 1.54) is 4.90 Å². The van der Waals surface area contributed by atoms with Crippen molar-refractivity contribution in [1.82, 2.24) is 0 Å². The summed E-state index contributed by atoms with van der Waals surface area (Å²) in [5, 5.41) is 0.0330. The van der Waals surface area contributed by atoms with Gasteiger partial charge in [0.15, 0.2) is 0 Å². The molecule has 1 aromatic rings. The second kappa shape index (κ2) is 5.41. The largest absolute Gasteiger partial charge is 0.274 e. The summed E-state index contributed by atoms with van der Waals surface area (Å²) in [5.41, 5.74) is 1.50. The van der Waals surface area contributed by atoms with Crippen molar-refractivity contribution in [3.8, 4) is 0 Å². The monoisotopic (exact) mass is 311 g/mol. The Morgan fingerprint density at radius 2 is 2.05 bits per heavy atom. The van der Waals surface area contributed by atoms with Crippen LogP contribution in [0.1, 0.15) is 39.2 Å². The Kier molecular flexibility index (Phi) is 4.17. The number of amides is 2. The maximum absolute atomic E-state index is 12.0. The summed E-state index contributed by atoms with van der Waals surface area (Å²) in [5.74, 6) is -0.509. The van der Waals surface area contributed by atoms with Gasteiger partial charge in [-0.15, -0.1) is 0 Å². The third-order valence-corrected chi connectivity index (χ3v) is 4.66. The van der Waals surface area contributed by atoms with Gasteiger partial charge in [-0.05, 0) is 29.5 Å². The number of imide groups is 1. The van der Waals surface area contributed by atoms with Gasteiger partial charge in [-0.25, -0.2) is 4.90 Å². The summed E-state index contributed by atoms with van der Waals surface area (Å²) in [4.78, 5) is 25.0. The SMILES string of the molecule is CCC(C)(C)c1ccc(N2C(=O)CC(S)C2=O)cc1Cl. The van der Waals surface area contributed by atoms with Gasteiger partial charge >= 0.3 is 0 Å². The van der Waals surface area contributed by atoms with Crippen LogP contribution in [0.2, 0.25) is 5.02 Å². The third kappa shape index (κ3) is 2.59. The molecule has 0 bridgehead atoms. The Morgan fingerprint density at radius 3 is 2.50 bits per heavy atom. The van der Waals surface area contributed by atoms with Crippen LogP contribution in [0.4, 0.5) is 5.69 Å². The van der Waals surface area contributed by atoms with E-state index >= 15 is 0 Å². The molecule has 2 rings (SSSR count). The zero-order chi connectivity index (χ0) is 15.1. The smallest absolute Gasteiger partial charge is 0.247 e. The van der Waals surface area contributed by atoms with Crippen LogP contribution < -0.4 is 4.90 Å². The zero-order valence-electron chi connectivity index (χ0n) is 11.8. The number of halogens is 1. The lowest BCUT2D eigenvalue weighted by atomic mass is 9.82. The predicted octanol–water partition coefficient (Wildman–Crippen LogP) is 3.59. The molecule has 1 atom stereocenters. The Hall–Kier alpha value is -1.00. The molecule has 0 spiro atoms. The molecule has 2 amide bonds. The molecular formula is C15H18ClNO2S. The van der Waals surface area contributed by atoms with E-state index in [-0.39, 0.29) is 23.7 Å². The van der Waals surface area contributed by atoms with Crippen molar-refractivity contribution < 1.29 is 9.59 Å². The summed E-state index contributed by atoms with van der Waals surface area (Å²) in [6, 6.07) is 5.36. The van der Waals surface area contributed by atoms with Crippen molar-refractivity contribution in [3.05, 3.63) is 28.8 Å². The quantitative estimate of drug-likeness (QED) is 0.684. The van der Waals surface area contributed by atoms with E-state index in [1.54, 1.807) is 12.1 Å². The van der Waals surface area contributed by atoms with Crippen LogP contribution in [0, 0.1) is 0 Å². The molecule has 1 fully saturated rings. The first kappa shape index (κ1) is 15.4. The van der Waals surface area contributed by atoms with Crippen LogP contribution in [0.15, 0.2) is 18.2 Å². The lowest BCUT2D eigenvalue weighted by Gasteiger charge is -2.25. The van der Waals surface area contributed by atoms with Crippen molar-refractivity contribution in [1.29, 1.82) is 0 Å². The van der Waals surface area contributed by atoms with Gasteiger partial charge in [-0.1, -0.05) is 38.4 Å². The number of benzene rings is 1. The number of carbonyl (C=O) groups is 2. The predicted molar refractivity (Wildman–Crippen MR) is 84.7 cm³/mol. The molecule has 108 valence electrons.